The molecule has 1 N–H and O–H groups in total. The Balaban J connectivity index is 0.00000225. The molecule has 5 heteroatoms. The smallest absolute Gasteiger partial charge is 0.323 e. The normalized spacial score (nSPS) is 22.6. The summed E-state index contributed by atoms with van der Waals surface area (Å²) in [4.78, 5) is 13.9. The zero-order valence-electron chi connectivity index (χ0n) is 10.4. The maximum Gasteiger partial charge on any atom is 0.323 e. The lowest BCUT2D eigenvalue weighted by atomic mass is 10.2. The van der Waals surface area contributed by atoms with Gasteiger partial charge >= 0.3 is 5.97 Å². The Bertz CT molecular complexity index is 214. The van der Waals surface area contributed by atoms with E-state index < -0.39 is 0 Å². The van der Waals surface area contributed by atoms with Crippen molar-refractivity contribution in [2.45, 2.75) is 38.8 Å². The third-order valence-electron chi connectivity index (χ3n) is 3.01. The average molecular weight is 251 g/mol. The minimum atomic E-state index is -0.0725. The maximum absolute atomic E-state index is 11.7. The third kappa shape index (κ3) is 3.92. The van der Waals surface area contributed by atoms with Crippen LogP contribution in [0.25, 0.3) is 0 Å². The summed E-state index contributed by atoms with van der Waals surface area (Å²) in [6.45, 7) is 6.30. The van der Waals surface area contributed by atoms with Crippen molar-refractivity contribution in [2.75, 3.05) is 26.7 Å². The fraction of sp³-hybridized carbons (Fsp3) is 0.909. The van der Waals surface area contributed by atoms with Gasteiger partial charge in [0.25, 0.3) is 0 Å². The number of carbonyl (C=O) groups excluding carboxylic acids is 1. The van der Waals surface area contributed by atoms with Crippen LogP contribution in [0.3, 0.4) is 0 Å². The van der Waals surface area contributed by atoms with Crippen LogP contribution in [0.5, 0.6) is 0 Å². The van der Waals surface area contributed by atoms with E-state index in [9.17, 15) is 4.79 Å². The van der Waals surface area contributed by atoms with Gasteiger partial charge in [0.05, 0.1) is 6.61 Å². The molecule has 1 heterocycles. The number of likely N-dealkylation sites (tertiary alicyclic amines) is 1. The van der Waals surface area contributed by atoms with Gasteiger partial charge in [-0.05, 0) is 26.8 Å². The number of rotatable bonds is 5. The number of carbonyl (C=O) groups is 1. The van der Waals surface area contributed by atoms with Crippen molar-refractivity contribution < 1.29 is 9.53 Å². The first-order valence-corrected chi connectivity index (χ1v) is 5.80. The molecule has 1 aliphatic heterocycles. The van der Waals surface area contributed by atoms with E-state index in [1.807, 2.05) is 20.9 Å². The van der Waals surface area contributed by atoms with Crippen molar-refractivity contribution in [1.82, 2.24) is 10.2 Å². The fourth-order valence-electron chi connectivity index (χ4n) is 2.12. The van der Waals surface area contributed by atoms with Gasteiger partial charge < -0.3 is 10.1 Å². The minimum absolute atomic E-state index is 0. The zero-order chi connectivity index (χ0) is 11.3. The molecule has 4 nitrogen and oxygen atoms in total. The Morgan fingerprint density at radius 2 is 2.25 bits per heavy atom. The molecule has 1 aliphatic rings. The van der Waals surface area contributed by atoms with Gasteiger partial charge in [-0.2, -0.15) is 0 Å². The van der Waals surface area contributed by atoms with E-state index >= 15 is 0 Å². The highest BCUT2D eigenvalue weighted by Crippen LogP contribution is 2.15. The van der Waals surface area contributed by atoms with E-state index in [2.05, 4.69) is 10.2 Å². The minimum Gasteiger partial charge on any atom is -0.465 e. The number of halogens is 1. The van der Waals surface area contributed by atoms with Gasteiger partial charge in [0, 0.05) is 19.1 Å². The number of likely N-dealkylation sites (N-methyl/N-ethyl adjacent to an activating group) is 1. The number of nitrogens with zero attached hydrogens (tertiary/aromatic N) is 1. The first-order chi connectivity index (χ1) is 7.22. The summed E-state index contributed by atoms with van der Waals surface area (Å²) in [5.41, 5.74) is 0. The number of nitrogens with one attached hydrogen (secondary N) is 1. The summed E-state index contributed by atoms with van der Waals surface area (Å²) >= 11 is 0. The van der Waals surface area contributed by atoms with Crippen molar-refractivity contribution >= 4 is 18.4 Å². The molecule has 0 bridgehead atoms. The summed E-state index contributed by atoms with van der Waals surface area (Å²) in [5.74, 6) is -0.0725. The predicted octanol–water partition coefficient (Wildman–Crippen LogP) is 1.04. The Morgan fingerprint density at radius 1 is 1.56 bits per heavy atom. The zero-order valence-corrected chi connectivity index (χ0v) is 11.2. The molecule has 1 rings (SSSR count). The van der Waals surface area contributed by atoms with Crippen LogP contribution < -0.4 is 5.32 Å². The quantitative estimate of drug-likeness (QED) is 0.741. The standard InChI is InChI=1S/C11H22N2O2.ClH/c1-4-10(11(14)15-5-2)13-7-6-9(8-13)12-3;/h9-10,12H,4-8H2,1-3H3;1H. The van der Waals surface area contributed by atoms with Crippen molar-refractivity contribution in [2.24, 2.45) is 0 Å². The Hall–Kier alpha value is -0.320. The second-order valence-corrected chi connectivity index (χ2v) is 3.95. The lowest BCUT2D eigenvalue weighted by Gasteiger charge is -2.24. The maximum atomic E-state index is 11.7. The van der Waals surface area contributed by atoms with E-state index in [0.717, 1.165) is 25.9 Å². The molecule has 2 atom stereocenters. The van der Waals surface area contributed by atoms with Gasteiger partial charge in [-0.25, -0.2) is 0 Å². The Labute approximate surface area is 104 Å². The number of ether oxygens (including phenoxy) is 1. The van der Waals surface area contributed by atoms with Gasteiger partial charge in [-0.15, -0.1) is 12.4 Å². The van der Waals surface area contributed by atoms with E-state index in [0.29, 0.717) is 12.6 Å². The number of hydrogen-bond donors (Lipinski definition) is 1. The van der Waals surface area contributed by atoms with Gasteiger partial charge in [0.2, 0.25) is 0 Å². The van der Waals surface area contributed by atoms with Crippen LogP contribution in [0.1, 0.15) is 26.7 Å². The van der Waals surface area contributed by atoms with Gasteiger partial charge in [0.1, 0.15) is 6.04 Å². The average Bonchev–Trinajstić information content (AvgIpc) is 2.68. The van der Waals surface area contributed by atoms with Crippen LogP contribution in [0.15, 0.2) is 0 Å². The third-order valence-corrected chi connectivity index (χ3v) is 3.01. The Morgan fingerprint density at radius 3 is 2.69 bits per heavy atom. The summed E-state index contributed by atoms with van der Waals surface area (Å²) in [6.07, 6.45) is 1.95. The first-order valence-electron chi connectivity index (χ1n) is 5.80. The number of esters is 1. The van der Waals surface area contributed by atoms with Crippen molar-refractivity contribution in [3.63, 3.8) is 0 Å². The van der Waals surface area contributed by atoms with Gasteiger partial charge in [0.15, 0.2) is 0 Å². The van der Waals surface area contributed by atoms with Crippen molar-refractivity contribution in [3.8, 4) is 0 Å². The highest BCUT2D eigenvalue weighted by molar-refractivity contribution is 5.85. The second-order valence-electron chi connectivity index (χ2n) is 3.95. The molecule has 0 radical (unpaired) electrons. The van der Waals surface area contributed by atoms with Gasteiger partial charge in [-0.3, -0.25) is 9.69 Å². The molecule has 0 aromatic carbocycles. The molecule has 0 spiro atoms. The molecule has 0 aromatic rings. The van der Waals surface area contributed by atoms with E-state index in [-0.39, 0.29) is 24.4 Å². The topological polar surface area (TPSA) is 41.6 Å². The van der Waals surface area contributed by atoms with Gasteiger partial charge in [-0.1, -0.05) is 6.92 Å². The molecule has 1 fully saturated rings. The van der Waals surface area contributed by atoms with Crippen molar-refractivity contribution in [3.05, 3.63) is 0 Å². The molecule has 0 saturated carbocycles. The molecule has 0 aromatic heterocycles. The predicted molar refractivity (Wildman–Crippen MR) is 67.0 cm³/mol. The summed E-state index contributed by atoms with van der Waals surface area (Å²) in [6, 6.07) is 0.469. The highest BCUT2D eigenvalue weighted by atomic mass is 35.5. The second kappa shape index (κ2) is 7.87. The van der Waals surface area contributed by atoms with Crippen LogP contribution in [0, 0.1) is 0 Å². The molecule has 0 aliphatic carbocycles. The molecule has 2 unspecified atom stereocenters. The number of hydrogen-bond acceptors (Lipinski definition) is 4. The van der Waals surface area contributed by atoms with Crippen LogP contribution in [0.2, 0.25) is 0 Å². The van der Waals surface area contributed by atoms with Crippen molar-refractivity contribution in [1.29, 1.82) is 0 Å². The van der Waals surface area contributed by atoms with Crippen LogP contribution in [-0.2, 0) is 9.53 Å². The lowest BCUT2D eigenvalue weighted by Crippen LogP contribution is -2.42. The molecule has 16 heavy (non-hydrogen) atoms. The van der Waals surface area contributed by atoms with Crippen LogP contribution in [-0.4, -0.2) is 49.7 Å². The fourth-order valence-corrected chi connectivity index (χ4v) is 2.12. The summed E-state index contributed by atoms with van der Waals surface area (Å²) in [5, 5.41) is 3.25. The summed E-state index contributed by atoms with van der Waals surface area (Å²) < 4.78 is 5.08. The molecule has 96 valence electrons. The monoisotopic (exact) mass is 250 g/mol. The molecular weight excluding hydrogens is 228 g/mol. The Kier molecular flexibility index (Phi) is 7.72. The first kappa shape index (κ1) is 15.7. The SMILES string of the molecule is CCOC(=O)C(CC)N1CCC(NC)C1.Cl. The van der Waals surface area contributed by atoms with E-state index in [1.165, 1.54) is 0 Å². The molecular formula is C11H23ClN2O2. The molecule has 1 saturated heterocycles. The highest BCUT2D eigenvalue weighted by Gasteiger charge is 2.31. The molecule has 0 amide bonds. The van der Waals surface area contributed by atoms with E-state index in [4.69, 9.17) is 4.74 Å². The lowest BCUT2D eigenvalue weighted by molar-refractivity contribution is -0.149. The summed E-state index contributed by atoms with van der Waals surface area (Å²) in [7, 11) is 1.97. The van der Waals surface area contributed by atoms with Crippen LogP contribution >= 0.6 is 12.4 Å². The van der Waals surface area contributed by atoms with E-state index in [1.54, 1.807) is 0 Å². The van der Waals surface area contributed by atoms with Crippen LogP contribution in [0.4, 0.5) is 0 Å². The largest absolute Gasteiger partial charge is 0.465 e.